The normalized spacial score (nSPS) is 10.4. The Morgan fingerprint density at radius 1 is 1.04 bits per heavy atom. The second-order valence-electron chi connectivity index (χ2n) is 5.77. The molecule has 6 nitrogen and oxygen atoms in total. The Morgan fingerprint density at radius 3 is 2.54 bits per heavy atom. The Kier molecular flexibility index (Phi) is 5.53. The zero-order chi connectivity index (χ0) is 18.4. The van der Waals surface area contributed by atoms with Crippen molar-refractivity contribution in [3.05, 3.63) is 72.1 Å². The summed E-state index contributed by atoms with van der Waals surface area (Å²) in [6.45, 7) is 0.423. The lowest BCUT2D eigenvalue weighted by atomic mass is 10.2. The number of methoxy groups -OCH3 is 2. The van der Waals surface area contributed by atoms with Crippen LogP contribution in [0.2, 0.25) is 0 Å². The first-order valence-corrected chi connectivity index (χ1v) is 8.26. The first-order chi connectivity index (χ1) is 12.7. The van der Waals surface area contributed by atoms with Crippen LogP contribution in [0.5, 0.6) is 11.5 Å². The third-order valence-corrected chi connectivity index (χ3v) is 3.96. The van der Waals surface area contributed by atoms with E-state index in [0.29, 0.717) is 18.0 Å². The largest absolute Gasteiger partial charge is 0.493 e. The van der Waals surface area contributed by atoms with Crippen molar-refractivity contribution in [3.63, 3.8) is 0 Å². The minimum atomic E-state index is -0.0626. The van der Waals surface area contributed by atoms with Crippen molar-refractivity contribution in [2.45, 2.75) is 13.0 Å². The van der Waals surface area contributed by atoms with Crippen LogP contribution in [0.4, 0.5) is 0 Å². The van der Waals surface area contributed by atoms with Crippen LogP contribution in [0.25, 0.3) is 5.69 Å². The Balaban J connectivity index is 1.57. The molecule has 0 bridgehead atoms. The second-order valence-corrected chi connectivity index (χ2v) is 5.77. The number of hydrogen-bond donors (Lipinski definition) is 1. The molecule has 26 heavy (non-hydrogen) atoms. The number of para-hydroxylation sites is 1. The Bertz CT molecular complexity index is 875. The van der Waals surface area contributed by atoms with Crippen LogP contribution in [0.1, 0.15) is 11.1 Å². The van der Waals surface area contributed by atoms with E-state index < -0.39 is 0 Å². The molecule has 3 aromatic rings. The molecule has 6 heteroatoms. The summed E-state index contributed by atoms with van der Waals surface area (Å²) in [4.78, 5) is 12.2. The fourth-order valence-corrected chi connectivity index (χ4v) is 2.61. The molecule has 0 fully saturated rings. The van der Waals surface area contributed by atoms with E-state index in [2.05, 4.69) is 10.4 Å². The summed E-state index contributed by atoms with van der Waals surface area (Å²) >= 11 is 0. The van der Waals surface area contributed by atoms with Gasteiger partial charge < -0.3 is 14.8 Å². The van der Waals surface area contributed by atoms with Crippen molar-refractivity contribution in [2.24, 2.45) is 0 Å². The predicted molar refractivity (Wildman–Crippen MR) is 98.7 cm³/mol. The molecule has 0 radical (unpaired) electrons. The van der Waals surface area contributed by atoms with Gasteiger partial charge in [0.2, 0.25) is 5.91 Å². The van der Waals surface area contributed by atoms with Gasteiger partial charge in [0.25, 0.3) is 0 Å². The van der Waals surface area contributed by atoms with Gasteiger partial charge in [-0.05, 0) is 35.4 Å². The van der Waals surface area contributed by atoms with E-state index in [1.165, 1.54) is 0 Å². The molecule has 1 N–H and O–H groups in total. The maximum Gasteiger partial charge on any atom is 0.224 e. The molecule has 1 aromatic heterocycles. The summed E-state index contributed by atoms with van der Waals surface area (Å²) in [5.41, 5.74) is 2.76. The number of ether oxygens (including phenoxy) is 2. The maximum atomic E-state index is 12.2. The molecular formula is C20H21N3O3. The lowest BCUT2D eigenvalue weighted by Crippen LogP contribution is -2.24. The number of nitrogens with zero attached hydrogens (tertiary/aromatic N) is 2. The average molecular weight is 351 g/mol. The van der Waals surface area contributed by atoms with Crippen LogP contribution in [0.3, 0.4) is 0 Å². The average Bonchev–Trinajstić information content (AvgIpc) is 3.15. The molecule has 1 amide bonds. The minimum absolute atomic E-state index is 0.0626. The van der Waals surface area contributed by atoms with E-state index in [1.807, 2.05) is 54.7 Å². The Morgan fingerprint density at radius 2 is 1.81 bits per heavy atom. The van der Waals surface area contributed by atoms with Crippen LogP contribution in [-0.2, 0) is 17.8 Å². The van der Waals surface area contributed by atoms with Gasteiger partial charge in [0, 0.05) is 12.7 Å². The molecular weight excluding hydrogens is 330 g/mol. The molecule has 134 valence electrons. The number of carbonyl (C=O) groups excluding carboxylic acids is 1. The van der Waals surface area contributed by atoms with E-state index in [4.69, 9.17) is 9.47 Å². The highest BCUT2D eigenvalue weighted by Gasteiger charge is 2.08. The van der Waals surface area contributed by atoms with Crippen molar-refractivity contribution in [3.8, 4) is 17.2 Å². The molecule has 1 heterocycles. The minimum Gasteiger partial charge on any atom is -0.493 e. The fourth-order valence-electron chi connectivity index (χ4n) is 2.61. The third kappa shape index (κ3) is 4.22. The van der Waals surface area contributed by atoms with Crippen LogP contribution in [0.15, 0.2) is 60.9 Å². The van der Waals surface area contributed by atoms with Gasteiger partial charge in [-0.15, -0.1) is 0 Å². The zero-order valence-corrected chi connectivity index (χ0v) is 14.8. The van der Waals surface area contributed by atoms with E-state index in [0.717, 1.165) is 16.8 Å². The van der Waals surface area contributed by atoms with E-state index >= 15 is 0 Å². The molecule has 0 aliphatic rings. The number of amides is 1. The summed E-state index contributed by atoms with van der Waals surface area (Å²) in [6.07, 6.45) is 3.86. The third-order valence-electron chi connectivity index (χ3n) is 3.96. The highest BCUT2D eigenvalue weighted by molar-refractivity contribution is 5.78. The standard InChI is InChI=1S/C20H21N3O3/c1-25-18-9-8-15(10-19(18)26-2)12-21-20(24)11-16-13-22-23(14-16)17-6-4-3-5-7-17/h3-10,13-14H,11-12H2,1-2H3,(H,21,24). The van der Waals surface area contributed by atoms with Crippen molar-refractivity contribution < 1.29 is 14.3 Å². The highest BCUT2D eigenvalue weighted by atomic mass is 16.5. The van der Waals surface area contributed by atoms with Gasteiger partial charge in [-0.3, -0.25) is 4.79 Å². The topological polar surface area (TPSA) is 65.4 Å². The molecule has 0 unspecified atom stereocenters. The van der Waals surface area contributed by atoms with Gasteiger partial charge in [-0.1, -0.05) is 24.3 Å². The van der Waals surface area contributed by atoms with Gasteiger partial charge in [0.15, 0.2) is 11.5 Å². The molecule has 2 aromatic carbocycles. The van der Waals surface area contributed by atoms with Gasteiger partial charge >= 0.3 is 0 Å². The number of rotatable bonds is 7. The van der Waals surface area contributed by atoms with Gasteiger partial charge in [0.05, 0.1) is 32.5 Å². The molecule has 0 atom stereocenters. The first-order valence-electron chi connectivity index (χ1n) is 8.26. The number of aromatic nitrogens is 2. The van der Waals surface area contributed by atoms with Crippen LogP contribution in [-0.4, -0.2) is 29.9 Å². The molecule has 0 aliphatic heterocycles. The van der Waals surface area contributed by atoms with E-state index in [-0.39, 0.29) is 12.3 Å². The molecule has 0 saturated carbocycles. The molecule has 3 rings (SSSR count). The maximum absolute atomic E-state index is 12.2. The van der Waals surface area contributed by atoms with E-state index in [9.17, 15) is 4.79 Å². The summed E-state index contributed by atoms with van der Waals surface area (Å²) in [5.74, 6) is 1.24. The lowest BCUT2D eigenvalue weighted by molar-refractivity contribution is -0.120. The Hall–Kier alpha value is -3.28. The van der Waals surface area contributed by atoms with Crippen molar-refractivity contribution in [1.82, 2.24) is 15.1 Å². The van der Waals surface area contributed by atoms with E-state index in [1.54, 1.807) is 25.1 Å². The fraction of sp³-hybridized carbons (Fsp3) is 0.200. The van der Waals surface area contributed by atoms with Crippen LogP contribution in [0, 0.1) is 0 Å². The molecule has 0 aliphatic carbocycles. The number of hydrogen-bond acceptors (Lipinski definition) is 4. The monoisotopic (exact) mass is 351 g/mol. The quantitative estimate of drug-likeness (QED) is 0.711. The van der Waals surface area contributed by atoms with Crippen LogP contribution < -0.4 is 14.8 Å². The van der Waals surface area contributed by atoms with Crippen LogP contribution >= 0.6 is 0 Å². The lowest BCUT2D eigenvalue weighted by Gasteiger charge is -2.10. The van der Waals surface area contributed by atoms with Gasteiger partial charge in [0.1, 0.15) is 0 Å². The van der Waals surface area contributed by atoms with Gasteiger partial charge in [-0.2, -0.15) is 5.10 Å². The summed E-state index contributed by atoms with van der Waals surface area (Å²) in [6, 6.07) is 15.4. The SMILES string of the molecule is COc1ccc(CNC(=O)Cc2cnn(-c3ccccc3)c2)cc1OC. The summed E-state index contributed by atoms with van der Waals surface area (Å²) in [5, 5.41) is 7.22. The Labute approximate surface area is 152 Å². The number of benzene rings is 2. The highest BCUT2D eigenvalue weighted by Crippen LogP contribution is 2.27. The predicted octanol–water partition coefficient (Wildman–Crippen LogP) is 2.75. The van der Waals surface area contributed by atoms with Crippen molar-refractivity contribution in [2.75, 3.05) is 14.2 Å². The van der Waals surface area contributed by atoms with Crippen molar-refractivity contribution >= 4 is 5.91 Å². The molecule has 0 spiro atoms. The van der Waals surface area contributed by atoms with Gasteiger partial charge in [-0.25, -0.2) is 4.68 Å². The number of nitrogens with one attached hydrogen (secondary N) is 1. The summed E-state index contributed by atoms with van der Waals surface area (Å²) < 4.78 is 12.2. The summed E-state index contributed by atoms with van der Waals surface area (Å²) in [7, 11) is 3.18. The molecule has 0 saturated heterocycles. The first kappa shape index (κ1) is 17.5. The second kappa shape index (κ2) is 8.20. The van der Waals surface area contributed by atoms with Crippen molar-refractivity contribution in [1.29, 1.82) is 0 Å². The zero-order valence-electron chi connectivity index (χ0n) is 14.8. The number of carbonyl (C=O) groups is 1. The smallest absolute Gasteiger partial charge is 0.224 e.